The topological polar surface area (TPSA) is 78.9 Å². The fourth-order valence-electron chi connectivity index (χ4n) is 1.53. The molecule has 0 bridgehead atoms. The Bertz CT molecular complexity index is 500. The van der Waals surface area contributed by atoms with Crippen LogP contribution >= 0.6 is 0 Å². The van der Waals surface area contributed by atoms with Crippen molar-refractivity contribution in [3.63, 3.8) is 0 Å². The number of nitrogens with one attached hydrogen (secondary N) is 1. The lowest BCUT2D eigenvalue weighted by molar-refractivity contribution is -0.143. The molecule has 0 radical (unpaired) electrons. The van der Waals surface area contributed by atoms with Crippen LogP contribution in [0.5, 0.6) is 5.75 Å². The molecule has 6 heteroatoms. The predicted octanol–water partition coefficient (Wildman–Crippen LogP) is 1.70. The summed E-state index contributed by atoms with van der Waals surface area (Å²) in [5, 5.41) is 11.4. The minimum atomic E-state index is -1.31. The number of carbonyl (C=O) groups is 2. The first kappa shape index (κ1) is 15.8. The molecule has 1 rings (SSSR count). The van der Waals surface area contributed by atoms with Crippen LogP contribution in [0.2, 0.25) is 0 Å². The summed E-state index contributed by atoms with van der Waals surface area (Å²) >= 11 is 0. The van der Waals surface area contributed by atoms with E-state index in [2.05, 4.69) is 5.32 Å². The van der Waals surface area contributed by atoms with Gasteiger partial charge in [-0.25, -0.2) is 9.59 Å². The van der Waals surface area contributed by atoms with E-state index >= 15 is 0 Å². The monoisotopic (exact) mass is 280 g/mol. The Hall–Kier alpha value is -2.24. The number of urea groups is 1. The van der Waals surface area contributed by atoms with E-state index in [-0.39, 0.29) is 0 Å². The van der Waals surface area contributed by atoms with Crippen LogP contribution in [-0.4, -0.2) is 41.7 Å². The number of nitrogens with zero attached hydrogens (tertiary/aromatic N) is 1. The van der Waals surface area contributed by atoms with Crippen molar-refractivity contribution in [1.82, 2.24) is 10.2 Å². The summed E-state index contributed by atoms with van der Waals surface area (Å²) in [4.78, 5) is 24.3. The van der Waals surface area contributed by atoms with Gasteiger partial charge in [0.1, 0.15) is 11.3 Å². The number of benzene rings is 1. The quantitative estimate of drug-likeness (QED) is 0.860. The Balaban J connectivity index is 2.68. The summed E-state index contributed by atoms with van der Waals surface area (Å²) in [6, 6.07) is 6.90. The maximum Gasteiger partial charge on any atom is 0.328 e. The summed E-state index contributed by atoms with van der Waals surface area (Å²) in [7, 11) is 3.18. The Morgan fingerprint density at radius 3 is 2.60 bits per heavy atom. The van der Waals surface area contributed by atoms with E-state index < -0.39 is 17.5 Å². The van der Waals surface area contributed by atoms with Crippen LogP contribution in [0.3, 0.4) is 0 Å². The summed E-state index contributed by atoms with van der Waals surface area (Å²) in [5.41, 5.74) is -0.408. The fraction of sp³-hybridized carbons (Fsp3) is 0.429. The second-order valence-corrected chi connectivity index (χ2v) is 5.07. The molecule has 0 aliphatic carbocycles. The number of amides is 2. The van der Waals surface area contributed by atoms with Crippen molar-refractivity contribution in [1.29, 1.82) is 0 Å². The molecule has 0 atom stereocenters. The molecule has 2 N–H and O–H groups in total. The van der Waals surface area contributed by atoms with Gasteiger partial charge < -0.3 is 20.1 Å². The fourth-order valence-corrected chi connectivity index (χ4v) is 1.53. The van der Waals surface area contributed by atoms with Crippen LogP contribution in [0.15, 0.2) is 24.3 Å². The van der Waals surface area contributed by atoms with Crippen LogP contribution in [0, 0.1) is 0 Å². The molecular formula is C14H20N2O4. The molecule has 1 aromatic carbocycles. The minimum absolute atomic E-state index is 0.360. The van der Waals surface area contributed by atoms with Crippen LogP contribution < -0.4 is 10.1 Å². The molecule has 0 aromatic heterocycles. The number of carbonyl (C=O) groups excluding carboxylic acids is 1. The molecule has 0 saturated carbocycles. The summed E-state index contributed by atoms with van der Waals surface area (Å²) in [5.74, 6) is -0.372. The number of ether oxygens (including phenoxy) is 1. The van der Waals surface area contributed by atoms with E-state index in [9.17, 15) is 9.59 Å². The van der Waals surface area contributed by atoms with Crippen LogP contribution in [0.1, 0.15) is 19.4 Å². The molecule has 0 heterocycles. The third-order valence-electron chi connectivity index (χ3n) is 2.85. The molecule has 0 aliphatic heterocycles. The maximum absolute atomic E-state index is 11.9. The van der Waals surface area contributed by atoms with Crippen LogP contribution in [0.4, 0.5) is 4.79 Å². The van der Waals surface area contributed by atoms with Gasteiger partial charge in [0.2, 0.25) is 0 Å². The molecule has 6 nitrogen and oxygen atoms in total. The van der Waals surface area contributed by atoms with Crippen molar-refractivity contribution >= 4 is 12.0 Å². The van der Waals surface area contributed by atoms with Crippen LogP contribution in [0.25, 0.3) is 0 Å². The number of carboxylic acid groups (broad SMARTS) is 1. The summed E-state index contributed by atoms with van der Waals surface area (Å²) in [6.07, 6.45) is 0. The zero-order valence-electron chi connectivity index (χ0n) is 12.1. The van der Waals surface area contributed by atoms with Gasteiger partial charge in [-0.05, 0) is 31.5 Å². The first-order valence-electron chi connectivity index (χ1n) is 6.16. The lowest BCUT2D eigenvalue weighted by Gasteiger charge is -2.25. The largest absolute Gasteiger partial charge is 0.497 e. The van der Waals surface area contributed by atoms with Gasteiger partial charge in [-0.15, -0.1) is 0 Å². The first-order chi connectivity index (χ1) is 9.26. The smallest absolute Gasteiger partial charge is 0.328 e. The van der Waals surface area contributed by atoms with E-state index in [1.165, 1.54) is 18.7 Å². The van der Waals surface area contributed by atoms with Gasteiger partial charge in [0.05, 0.1) is 7.11 Å². The first-order valence-corrected chi connectivity index (χ1v) is 6.16. The normalized spacial score (nSPS) is 10.8. The number of rotatable bonds is 5. The SMILES string of the molecule is COc1cccc(CN(C)C(=O)NC(C)(C)C(=O)O)c1. The number of aliphatic carboxylic acids is 1. The number of hydrogen-bond donors (Lipinski definition) is 2. The highest BCUT2D eigenvalue weighted by atomic mass is 16.5. The van der Waals surface area contributed by atoms with E-state index in [4.69, 9.17) is 9.84 Å². The van der Waals surface area contributed by atoms with Gasteiger partial charge in [-0.3, -0.25) is 0 Å². The molecule has 0 fully saturated rings. The molecule has 0 unspecified atom stereocenters. The van der Waals surface area contributed by atoms with Gasteiger partial charge in [0.25, 0.3) is 0 Å². The van der Waals surface area contributed by atoms with Gasteiger partial charge in [0, 0.05) is 13.6 Å². The zero-order chi connectivity index (χ0) is 15.3. The lowest BCUT2D eigenvalue weighted by Crippen LogP contribution is -2.53. The van der Waals surface area contributed by atoms with E-state index in [0.29, 0.717) is 12.3 Å². The van der Waals surface area contributed by atoms with E-state index in [1.807, 2.05) is 24.3 Å². The molecule has 1 aromatic rings. The third kappa shape index (κ3) is 4.15. The maximum atomic E-state index is 11.9. The highest BCUT2D eigenvalue weighted by Gasteiger charge is 2.30. The predicted molar refractivity (Wildman–Crippen MR) is 74.7 cm³/mol. The van der Waals surface area contributed by atoms with Crippen molar-refractivity contribution in [3.8, 4) is 5.75 Å². The van der Waals surface area contributed by atoms with Gasteiger partial charge >= 0.3 is 12.0 Å². The average molecular weight is 280 g/mol. The molecule has 0 aliphatic rings. The number of carboxylic acids is 1. The lowest BCUT2D eigenvalue weighted by atomic mass is 10.1. The summed E-state index contributed by atoms with van der Waals surface area (Å²) in [6.45, 7) is 3.23. The second-order valence-electron chi connectivity index (χ2n) is 5.07. The molecular weight excluding hydrogens is 260 g/mol. The van der Waals surface area contributed by atoms with Crippen molar-refractivity contribution in [2.75, 3.05) is 14.2 Å². The Kier molecular flexibility index (Phi) is 4.96. The van der Waals surface area contributed by atoms with Gasteiger partial charge in [-0.1, -0.05) is 12.1 Å². The summed E-state index contributed by atoms with van der Waals surface area (Å²) < 4.78 is 5.11. The number of methoxy groups -OCH3 is 1. The Labute approximate surface area is 118 Å². The third-order valence-corrected chi connectivity index (χ3v) is 2.85. The van der Waals surface area contributed by atoms with Crippen molar-refractivity contribution in [3.05, 3.63) is 29.8 Å². The zero-order valence-corrected chi connectivity index (χ0v) is 12.1. The molecule has 0 spiro atoms. The molecule has 2 amide bonds. The average Bonchev–Trinajstić information content (AvgIpc) is 2.38. The van der Waals surface area contributed by atoms with Gasteiger partial charge in [-0.2, -0.15) is 0 Å². The molecule has 20 heavy (non-hydrogen) atoms. The van der Waals surface area contributed by atoms with Crippen molar-refractivity contribution < 1.29 is 19.4 Å². The van der Waals surface area contributed by atoms with Crippen molar-refractivity contribution in [2.24, 2.45) is 0 Å². The van der Waals surface area contributed by atoms with E-state index in [1.54, 1.807) is 14.2 Å². The highest BCUT2D eigenvalue weighted by Crippen LogP contribution is 2.14. The Morgan fingerprint density at radius 1 is 1.40 bits per heavy atom. The van der Waals surface area contributed by atoms with E-state index in [0.717, 1.165) is 5.56 Å². The van der Waals surface area contributed by atoms with Crippen molar-refractivity contribution in [2.45, 2.75) is 25.9 Å². The van der Waals surface area contributed by atoms with Crippen LogP contribution in [-0.2, 0) is 11.3 Å². The molecule has 0 saturated heterocycles. The standard InChI is InChI=1S/C14H20N2O4/c1-14(2,12(17)18)15-13(19)16(3)9-10-6-5-7-11(8-10)20-4/h5-8H,9H2,1-4H3,(H,15,19)(H,17,18). The minimum Gasteiger partial charge on any atom is -0.497 e. The second kappa shape index (κ2) is 6.27. The molecule has 110 valence electrons. The Morgan fingerprint density at radius 2 is 2.05 bits per heavy atom. The highest BCUT2D eigenvalue weighted by molar-refractivity contribution is 5.85. The van der Waals surface area contributed by atoms with Gasteiger partial charge in [0.15, 0.2) is 0 Å². The number of hydrogen-bond acceptors (Lipinski definition) is 3.